The zero-order valence-corrected chi connectivity index (χ0v) is 16.2. The van der Waals surface area contributed by atoms with Gasteiger partial charge in [0.05, 0.1) is 25.9 Å². The van der Waals surface area contributed by atoms with E-state index in [1.165, 1.54) is 26.4 Å². The molecule has 0 unspecified atom stereocenters. The van der Waals surface area contributed by atoms with Gasteiger partial charge in [-0.2, -0.15) is 0 Å². The lowest BCUT2D eigenvalue weighted by Gasteiger charge is -2.50. The third kappa shape index (κ3) is 4.27. The van der Waals surface area contributed by atoms with Crippen molar-refractivity contribution in [1.82, 2.24) is 9.80 Å². The van der Waals surface area contributed by atoms with Crippen LogP contribution in [0.15, 0.2) is 24.3 Å². The molecule has 2 saturated heterocycles. The van der Waals surface area contributed by atoms with Crippen molar-refractivity contribution in [2.45, 2.75) is 38.1 Å². The Morgan fingerprint density at radius 3 is 2.50 bits per heavy atom. The van der Waals surface area contributed by atoms with Crippen LogP contribution >= 0.6 is 0 Å². The zero-order chi connectivity index (χ0) is 18.4. The van der Waals surface area contributed by atoms with Gasteiger partial charge in [-0.3, -0.25) is 4.90 Å². The first kappa shape index (κ1) is 19.3. The quantitative estimate of drug-likeness (QED) is 0.730. The summed E-state index contributed by atoms with van der Waals surface area (Å²) in [5.41, 5.74) is 2.13. The predicted molar refractivity (Wildman–Crippen MR) is 103 cm³/mol. The summed E-state index contributed by atoms with van der Waals surface area (Å²) in [6, 6.07) is 7.80. The molecule has 144 valence electrons. The van der Waals surface area contributed by atoms with Gasteiger partial charge in [-0.25, -0.2) is 4.79 Å². The molecule has 0 radical (unpaired) electrons. The van der Waals surface area contributed by atoms with Crippen LogP contribution in [0.2, 0.25) is 0 Å². The van der Waals surface area contributed by atoms with Crippen molar-refractivity contribution in [3.05, 3.63) is 35.4 Å². The number of benzene rings is 1. The van der Waals surface area contributed by atoms with E-state index in [4.69, 9.17) is 9.47 Å². The Balaban J connectivity index is 1.55. The van der Waals surface area contributed by atoms with Crippen molar-refractivity contribution in [1.29, 1.82) is 0 Å². The Labute approximate surface area is 157 Å². The molecule has 1 aromatic carbocycles. The van der Waals surface area contributed by atoms with Crippen LogP contribution < -0.4 is 0 Å². The van der Waals surface area contributed by atoms with Gasteiger partial charge in [0.25, 0.3) is 0 Å². The number of hydrogen-bond acceptors (Lipinski definition) is 5. The fraction of sp³-hybridized carbons (Fsp3) is 0.667. The van der Waals surface area contributed by atoms with Crippen LogP contribution in [0.5, 0.6) is 0 Å². The van der Waals surface area contributed by atoms with Crippen LogP contribution in [-0.4, -0.2) is 74.4 Å². The number of piperidine rings is 1. The molecule has 0 saturated carbocycles. The number of carbonyl (C=O) groups is 1. The number of ether oxygens (including phenoxy) is 2. The van der Waals surface area contributed by atoms with Gasteiger partial charge >= 0.3 is 5.97 Å². The smallest absolute Gasteiger partial charge is 0.338 e. The van der Waals surface area contributed by atoms with E-state index in [0.717, 1.165) is 57.9 Å². The van der Waals surface area contributed by atoms with Gasteiger partial charge in [0.15, 0.2) is 0 Å². The van der Waals surface area contributed by atoms with Crippen molar-refractivity contribution >= 4 is 5.97 Å². The maximum Gasteiger partial charge on any atom is 0.338 e. The molecule has 0 atom stereocenters. The largest absolute Gasteiger partial charge is 0.465 e. The van der Waals surface area contributed by atoms with Gasteiger partial charge in [-0.1, -0.05) is 25.1 Å². The Kier molecular flexibility index (Phi) is 6.68. The highest BCUT2D eigenvalue weighted by atomic mass is 16.5. The van der Waals surface area contributed by atoms with Gasteiger partial charge < -0.3 is 14.4 Å². The van der Waals surface area contributed by atoms with E-state index in [-0.39, 0.29) is 5.97 Å². The molecule has 5 nitrogen and oxygen atoms in total. The average molecular weight is 360 g/mol. The molecule has 1 aromatic rings. The minimum atomic E-state index is -0.239. The molecule has 0 aliphatic carbocycles. The minimum absolute atomic E-state index is 0.239. The van der Waals surface area contributed by atoms with Crippen LogP contribution in [-0.2, 0) is 15.9 Å². The third-order valence-electron chi connectivity index (χ3n) is 6.25. The molecule has 0 aromatic heterocycles. The highest BCUT2D eigenvalue weighted by Gasteiger charge is 2.38. The van der Waals surface area contributed by atoms with Gasteiger partial charge in [0.1, 0.15) is 0 Å². The van der Waals surface area contributed by atoms with Crippen molar-refractivity contribution in [2.75, 3.05) is 53.0 Å². The van der Waals surface area contributed by atoms with Crippen molar-refractivity contribution in [2.24, 2.45) is 0 Å². The predicted octanol–water partition coefficient (Wildman–Crippen LogP) is 2.59. The Bertz CT molecular complexity index is 591. The lowest BCUT2D eigenvalue weighted by Crippen LogP contribution is -2.58. The second-order valence-electron chi connectivity index (χ2n) is 7.42. The maximum atomic E-state index is 11.9. The molecule has 26 heavy (non-hydrogen) atoms. The SMILES string of the molecule is CCC1(N2CCOCC2)CCN(CCc2ccccc2C(=O)OC)CC1. The topological polar surface area (TPSA) is 42.0 Å². The Hall–Kier alpha value is -1.43. The second kappa shape index (κ2) is 8.98. The highest BCUT2D eigenvalue weighted by molar-refractivity contribution is 5.90. The molecule has 2 aliphatic rings. The zero-order valence-electron chi connectivity index (χ0n) is 16.2. The van der Waals surface area contributed by atoms with E-state index in [9.17, 15) is 4.79 Å². The first-order valence-electron chi connectivity index (χ1n) is 9.90. The number of esters is 1. The molecule has 2 heterocycles. The van der Waals surface area contributed by atoms with Crippen LogP contribution in [0.4, 0.5) is 0 Å². The molecule has 0 N–H and O–H groups in total. The molecule has 0 spiro atoms. The summed E-state index contributed by atoms with van der Waals surface area (Å²) in [4.78, 5) is 17.1. The third-order valence-corrected chi connectivity index (χ3v) is 6.25. The molecule has 2 fully saturated rings. The summed E-state index contributed by atoms with van der Waals surface area (Å²) in [5, 5.41) is 0. The molecule has 0 bridgehead atoms. The normalized spacial score (nSPS) is 21.5. The lowest BCUT2D eigenvalue weighted by atomic mass is 9.82. The van der Waals surface area contributed by atoms with E-state index < -0.39 is 0 Å². The summed E-state index contributed by atoms with van der Waals surface area (Å²) >= 11 is 0. The summed E-state index contributed by atoms with van der Waals surface area (Å²) in [6.45, 7) is 9.47. The number of rotatable bonds is 6. The summed E-state index contributed by atoms with van der Waals surface area (Å²) in [5.74, 6) is -0.239. The summed E-state index contributed by atoms with van der Waals surface area (Å²) in [6.07, 6.45) is 4.55. The number of carbonyl (C=O) groups excluding carboxylic acids is 1. The summed E-state index contributed by atoms with van der Waals surface area (Å²) < 4.78 is 10.4. The fourth-order valence-electron chi connectivity index (χ4n) is 4.45. The van der Waals surface area contributed by atoms with Crippen LogP contribution in [0.3, 0.4) is 0 Å². The van der Waals surface area contributed by atoms with Crippen molar-refractivity contribution < 1.29 is 14.3 Å². The number of hydrogen-bond donors (Lipinski definition) is 0. The number of methoxy groups -OCH3 is 1. The van der Waals surface area contributed by atoms with Gasteiger partial charge in [-0.05, 0) is 50.4 Å². The van der Waals surface area contributed by atoms with E-state index >= 15 is 0 Å². The number of morpholine rings is 1. The standard InChI is InChI=1S/C21H32N2O3/c1-3-21(23-14-16-26-17-15-23)9-12-22(13-10-21)11-8-18-6-4-5-7-19(18)20(24)25-2/h4-7H,3,8-17H2,1-2H3. The van der Waals surface area contributed by atoms with Crippen LogP contribution in [0.1, 0.15) is 42.1 Å². The van der Waals surface area contributed by atoms with E-state index in [2.05, 4.69) is 16.7 Å². The first-order valence-corrected chi connectivity index (χ1v) is 9.90. The summed E-state index contributed by atoms with van der Waals surface area (Å²) in [7, 11) is 1.44. The Morgan fingerprint density at radius 1 is 1.15 bits per heavy atom. The monoisotopic (exact) mass is 360 g/mol. The second-order valence-corrected chi connectivity index (χ2v) is 7.42. The maximum absolute atomic E-state index is 11.9. The van der Waals surface area contributed by atoms with Gasteiger partial charge in [-0.15, -0.1) is 0 Å². The molecule has 2 aliphatic heterocycles. The van der Waals surface area contributed by atoms with Gasteiger partial charge in [0, 0.05) is 25.2 Å². The number of likely N-dealkylation sites (tertiary alicyclic amines) is 1. The molecule has 0 amide bonds. The molecule has 3 rings (SSSR count). The van der Waals surface area contributed by atoms with Crippen molar-refractivity contribution in [3.8, 4) is 0 Å². The van der Waals surface area contributed by atoms with Crippen LogP contribution in [0, 0.1) is 0 Å². The van der Waals surface area contributed by atoms with E-state index in [0.29, 0.717) is 11.1 Å². The minimum Gasteiger partial charge on any atom is -0.465 e. The first-order chi connectivity index (χ1) is 12.7. The highest BCUT2D eigenvalue weighted by Crippen LogP contribution is 2.32. The van der Waals surface area contributed by atoms with Gasteiger partial charge in [0.2, 0.25) is 0 Å². The van der Waals surface area contributed by atoms with Crippen LogP contribution in [0.25, 0.3) is 0 Å². The Morgan fingerprint density at radius 2 is 1.85 bits per heavy atom. The molecular formula is C21H32N2O3. The van der Waals surface area contributed by atoms with Crippen molar-refractivity contribution in [3.63, 3.8) is 0 Å². The number of nitrogens with zero attached hydrogens (tertiary/aromatic N) is 2. The lowest BCUT2D eigenvalue weighted by molar-refractivity contribution is -0.0493. The average Bonchev–Trinajstić information content (AvgIpc) is 2.73. The van der Waals surface area contributed by atoms with E-state index in [1.807, 2.05) is 24.3 Å². The molecular weight excluding hydrogens is 328 g/mol. The van der Waals surface area contributed by atoms with E-state index in [1.54, 1.807) is 0 Å². The molecule has 5 heteroatoms. The fourth-order valence-corrected chi connectivity index (χ4v) is 4.45.